The number of imidazole rings is 1. The van der Waals surface area contributed by atoms with Gasteiger partial charge < -0.3 is 4.98 Å². The highest BCUT2D eigenvalue weighted by molar-refractivity contribution is 5.64. The lowest BCUT2D eigenvalue weighted by Crippen LogP contribution is -1.69. The first-order valence-electron chi connectivity index (χ1n) is 3.03. The molecule has 3 heteroatoms. The van der Waals surface area contributed by atoms with Gasteiger partial charge in [-0.25, -0.2) is 9.98 Å². The van der Waals surface area contributed by atoms with Crippen molar-refractivity contribution in [2.45, 2.75) is 6.92 Å². The van der Waals surface area contributed by atoms with E-state index in [0.29, 0.717) is 0 Å². The van der Waals surface area contributed by atoms with Crippen molar-refractivity contribution in [2.75, 3.05) is 0 Å². The van der Waals surface area contributed by atoms with E-state index in [1.807, 2.05) is 6.92 Å². The second-order valence-electron chi connectivity index (χ2n) is 1.73. The number of nitrogens with zero attached hydrogens (tertiary/aromatic N) is 2. The Morgan fingerprint density at radius 2 is 2.60 bits per heavy atom. The third kappa shape index (κ3) is 1.13. The number of aromatic amines is 1. The Morgan fingerprint density at radius 1 is 1.80 bits per heavy atom. The molecule has 0 aliphatic carbocycles. The number of hydrogen-bond acceptors (Lipinski definition) is 2. The Balaban J connectivity index is 3.00. The molecule has 1 rings (SSSR count). The Labute approximate surface area is 59.5 Å². The van der Waals surface area contributed by atoms with Crippen molar-refractivity contribution >= 4 is 18.1 Å². The van der Waals surface area contributed by atoms with E-state index in [9.17, 15) is 0 Å². The van der Waals surface area contributed by atoms with Crippen LogP contribution in [0.1, 0.15) is 12.6 Å². The maximum atomic E-state index is 4.02. The average molecular weight is 135 g/mol. The fourth-order valence-corrected chi connectivity index (χ4v) is 0.680. The molecule has 0 radical (unpaired) electrons. The summed E-state index contributed by atoms with van der Waals surface area (Å²) in [6.45, 7) is 5.44. The van der Waals surface area contributed by atoms with Gasteiger partial charge in [-0.3, -0.25) is 0 Å². The van der Waals surface area contributed by atoms with E-state index in [1.165, 1.54) is 0 Å². The minimum absolute atomic E-state index is 0.762. The van der Waals surface area contributed by atoms with Gasteiger partial charge in [0.2, 0.25) is 0 Å². The van der Waals surface area contributed by atoms with E-state index in [0.717, 1.165) is 11.5 Å². The zero-order valence-electron chi connectivity index (χ0n) is 5.83. The van der Waals surface area contributed by atoms with E-state index < -0.39 is 0 Å². The lowest BCUT2D eigenvalue weighted by molar-refractivity contribution is 1.30. The van der Waals surface area contributed by atoms with Crippen molar-refractivity contribution in [3.8, 4) is 0 Å². The second kappa shape index (κ2) is 2.96. The molecule has 10 heavy (non-hydrogen) atoms. The van der Waals surface area contributed by atoms with E-state index in [4.69, 9.17) is 0 Å². The first kappa shape index (κ1) is 6.74. The number of H-pyrrole nitrogens is 1. The minimum atomic E-state index is 0.762. The summed E-state index contributed by atoms with van der Waals surface area (Å²) in [7, 11) is 0. The SMILES string of the molecule is C=Cc1nc[nH]c1/N=C\C. The Bertz CT molecular complexity index is 247. The molecule has 1 heterocycles. The maximum absolute atomic E-state index is 4.02. The molecular weight excluding hydrogens is 126 g/mol. The number of aromatic nitrogens is 2. The van der Waals surface area contributed by atoms with Gasteiger partial charge >= 0.3 is 0 Å². The average Bonchev–Trinajstić information content (AvgIpc) is 2.36. The first-order chi connectivity index (χ1) is 4.88. The van der Waals surface area contributed by atoms with E-state index in [-0.39, 0.29) is 0 Å². The molecule has 0 spiro atoms. The molecule has 3 nitrogen and oxygen atoms in total. The van der Waals surface area contributed by atoms with Crippen molar-refractivity contribution < 1.29 is 0 Å². The molecule has 0 amide bonds. The highest BCUT2D eigenvalue weighted by atomic mass is 15.0. The molecule has 1 N–H and O–H groups in total. The third-order valence-electron chi connectivity index (χ3n) is 1.10. The normalized spacial score (nSPS) is 10.5. The minimum Gasteiger partial charge on any atom is -0.329 e. The number of nitrogens with one attached hydrogen (secondary N) is 1. The molecule has 0 aromatic carbocycles. The van der Waals surface area contributed by atoms with Gasteiger partial charge in [0.1, 0.15) is 5.69 Å². The van der Waals surface area contributed by atoms with E-state index in [2.05, 4.69) is 21.5 Å². The van der Waals surface area contributed by atoms with Crippen LogP contribution in [0, 0.1) is 0 Å². The standard InChI is InChI=1S/C7H9N3/c1-3-6-7(8-4-2)10-5-9-6/h3-5H,1H2,2H3,(H,9,10)/b8-4-. The highest BCUT2D eigenvalue weighted by Crippen LogP contribution is 2.12. The molecule has 52 valence electrons. The predicted molar refractivity (Wildman–Crippen MR) is 42.5 cm³/mol. The summed E-state index contributed by atoms with van der Waals surface area (Å²) in [6, 6.07) is 0. The molecule has 0 fully saturated rings. The summed E-state index contributed by atoms with van der Waals surface area (Å²) in [5, 5.41) is 0. The van der Waals surface area contributed by atoms with Crippen LogP contribution in [0.4, 0.5) is 5.82 Å². The van der Waals surface area contributed by atoms with Gasteiger partial charge in [-0.1, -0.05) is 6.58 Å². The van der Waals surface area contributed by atoms with Gasteiger partial charge in [0, 0.05) is 6.21 Å². The molecule has 0 aliphatic rings. The van der Waals surface area contributed by atoms with Crippen molar-refractivity contribution in [3.63, 3.8) is 0 Å². The summed E-state index contributed by atoms with van der Waals surface area (Å²) in [5.74, 6) is 0.762. The van der Waals surface area contributed by atoms with Crippen LogP contribution in [0.3, 0.4) is 0 Å². The predicted octanol–water partition coefficient (Wildman–Crippen LogP) is 1.77. The zero-order valence-corrected chi connectivity index (χ0v) is 5.83. The van der Waals surface area contributed by atoms with Crippen LogP contribution in [-0.2, 0) is 0 Å². The van der Waals surface area contributed by atoms with Gasteiger partial charge in [0.15, 0.2) is 5.82 Å². The Hall–Kier alpha value is -1.38. The third-order valence-corrected chi connectivity index (χ3v) is 1.10. The van der Waals surface area contributed by atoms with Crippen LogP contribution < -0.4 is 0 Å². The number of aliphatic imine (C=N–C) groups is 1. The number of hydrogen-bond donors (Lipinski definition) is 1. The molecule has 1 aromatic rings. The van der Waals surface area contributed by atoms with Gasteiger partial charge in [-0.2, -0.15) is 0 Å². The van der Waals surface area contributed by atoms with Crippen molar-refractivity contribution in [1.29, 1.82) is 0 Å². The highest BCUT2D eigenvalue weighted by Gasteiger charge is 1.95. The summed E-state index contributed by atoms with van der Waals surface area (Å²) in [5.41, 5.74) is 0.790. The van der Waals surface area contributed by atoms with Gasteiger partial charge in [-0.15, -0.1) is 0 Å². The molecule has 0 unspecified atom stereocenters. The van der Waals surface area contributed by atoms with Crippen LogP contribution in [0.5, 0.6) is 0 Å². The van der Waals surface area contributed by atoms with E-state index in [1.54, 1.807) is 18.6 Å². The second-order valence-corrected chi connectivity index (χ2v) is 1.73. The molecule has 0 saturated carbocycles. The van der Waals surface area contributed by atoms with Gasteiger partial charge in [0.05, 0.1) is 6.33 Å². The van der Waals surface area contributed by atoms with Gasteiger partial charge in [-0.05, 0) is 13.0 Å². The molecule has 0 aliphatic heterocycles. The molecule has 0 saturated heterocycles. The summed E-state index contributed by atoms with van der Waals surface area (Å²) < 4.78 is 0. The maximum Gasteiger partial charge on any atom is 0.156 e. The van der Waals surface area contributed by atoms with Crippen LogP contribution in [0.15, 0.2) is 17.9 Å². The quantitative estimate of drug-likeness (QED) is 0.617. The lowest BCUT2D eigenvalue weighted by atomic mass is 10.4. The van der Waals surface area contributed by atoms with E-state index >= 15 is 0 Å². The summed E-state index contributed by atoms with van der Waals surface area (Å²) >= 11 is 0. The van der Waals surface area contributed by atoms with Crippen LogP contribution >= 0.6 is 0 Å². The summed E-state index contributed by atoms with van der Waals surface area (Å²) in [6.07, 6.45) is 4.97. The monoisotopic (exact) mass is 135 g/mol. The molecular formula is C7H9N3. The fraction of sp³-hybridized carbons (Fsp3) is 0.143. The largest absolute Gasteiger partial charge is 0.329 e. The van der Waals surface area contributed by atoms with Crippen molar-refractivity contribution in [3.05, 3.63) is 18.6 Å². The lowest BCUT2D eigenvalue weighted by Gasteiger charge is -1.85. The Kier molecular flexibility index (Phi) is 1.99. The molecule has 0 atom stereocenters. The Morgan fingerprint density at radius 3 is 3.20 bits per heavy atom. The number of rotatable bonds is 2. The first-order valence-corrected chi connectivity index (χ1v) is 3.03. The van der Waals surface area contributed by atoms with Crippen LogP contribution in [0.2, 0.25) is 0 Å². The zero-order chi connectivity index (χ0) is 7.40. The summed E-state index contributed by atoms with van der Waals surface area (Å²) in [4.78, 5) is 10.9. The van der Waals surface area contributed by atoms with Crippen LogP contribution in [0.25, 0.3) is 6.08 Å². The molecule has 0 bridgehead atoms. The molecule has 1 aromatic heterocycles. The topological polar surface area (TPSA) is 41.0 Å². The van der Waals surface area contributed by atoms with Crippen molar-refractivity contribution in [1.82, 2.24) is 9.97 Å². The van der Waals surface area contributed by atoms with Crippen molar-refractivity contribution in [2.24, 2.45) is 4.99 Å². The smallest absolute Gasteiger partial charge is 0.156 e. The van der Waals surface area contributed by atoms with Crippen LogP contribution in [-0.4, -0.2) is 16.2 Å². The van der Waals surface area contributed by atoms with Gasteiger partial charge in [0.25, 0.3) is 0 Å². The fourth-order valence-electron chi connectivity index (χ4n) is 0.680.